The maximum absolute atomic E-state index is 12.4. The first-order valence-corrected chi connectivity index (χ1v) is 9.57. The van der Waals surface area contributed by atoms with E-state index in [9.17, 15) is 14.9 Å². The summed E-state index contributed by atoms with van der Waals surface area (Å²) in [5.41, 5.74) is 1.19. The third kappa shape index (κ3) is 5.37. The number of ether oxygens (including phenoxy) is 1. The van der Waals surface area contributed by atoms with Gasteiger partial charge in [-0.2, -0.15) is 0 Å². The van der Waals surface area contributed by atoms with Crippen molar-refractivity contribution in [3.05, 3.63) is 75.6 Å². The van der Waals surface area contributed by atoms with E-state index in [1.165, 1.54) is 18.2 Å². The Morgan fingerprint density at radius 2 is 2.03 bits per heavy atom. The molecule has 0 amide bonds. The molecule has 0 fully saturated rings. The average molecular weight is 410 g/mol. The van der Waals surface area contributed by atoms with Crippen LogP contribution in [0.4, 0.5) is 11.4 Å². The number of aryl methyl sites for hydroxylation is 1. The lowest BCUT2D eigenvalue weighted by Crippen LogP contribution is -2.12. The number of nitro groups is 1. The van der Waals surface area contributed by atoms with E-state index in [0.717, 1.165) is 18.4 Å². The second-order valence-electron chi connectivity index (χ2n) is 6.58. The van der Waals surface area contributed by atoms with Gasteiger partial charge in [-0.1, -0.05) is 43.7 Å². The minimum absolute atomic E-state index is 0.0829. The number of esters is 1. The Morgan fingerprint density at radius 1 is 1.23 bits per heavy atom. The number of nitrogens with zero attached hydrogens (tertiary/aromatic N) is 5. The van der Waals surface area contributed by atoms with Crippen molar-refractivity contribution >= 4 is 17.3 Å². The van der Waals surface area contributed by atoms with Crippen molar-refractivity contribution < 1.29 is 14.5 Å². The molecule has 156 valence electrons. The van der Waals surface area contributed by atoms with Gasteiger partial charge in [0.25, 0.3) is 5.69 Å². The molecule has 1 aromatic heterocycles. The fourth-order valence-electron chi connectivity index (χ4n) is 2.77. The fourth-order valence-corrected chi connectivity index (χ4v) is 2.77. The number of aromatic nitrogens is 4. The second-order valence-corrected chi connectivity index (χ2v) is 6.58. The van der Waals surface area contributed by atoms with Crippen LogP contribution in [0.15, 0.2) is 48.5 Å². The van der Waals surface area contributed by atoms with E-state index < -0.39 is 10.9 Å². The van der Waals surface area contributed by atoms with Crippen LogP contribution in [0.3, 0.4) is 0 Å². The van der Waals surface area contributed by atoms with Crippen LogP contribution in [0.25, 0.3) is 0 Å². The minimum Gasteiger partial charge on any atom is -0.454 e. The molecule has 1 heterocycles. The zero-order valence-corrected chi connectivity index (χ0v) is 16.5. The zero-order valence-electron chi connectivity index (χ0n) is 16.5. The van der Waals surface area contributed by atoms with E-state index in [1.807, 2.05) is 30.3 Å². The van der Waals surface area contributed by atoms with Gasteiger partial charge in [0, 0.05) is 19.2 Å². The normalized spacial score (nSPS) is 10.6. The molecule has 10 nitrogen and oxygen atoms in total. The summed E-state index contributed by atoms with van der Waals surface area (Å²) in [7, 11) is 0. The van der Waals surface area contributed by atoms with Gasteiger partial charge in [-0.05, 0) is 34.5 Å². The Bertz CT molecular complexity index is 1010. The predicted molar refractivity (Wildman–Crippen MR) is 109 cm³/mol. The van der Waals surface area contributed by atoms with Gasteiger partial charge in [-0.25, -0.2) is 9.48 Å². The number of benzene rings is 2. The van der Waals surface area contributed by atoms with E-state index in [1.54, 1.807) is 4.68 Å². The van der Waals surface area contributed by atoms with Gasteiger partial charge >= 0.3 is 5.97 Å². The highest BCUT2D eigenvalue weighted by atomic mass is 16.6. The van der Waals surface area contributed by atoms with E-state index in [0.29, 0.717) is 24.6 Å². The number of hydrogen-bond acceptors (Lipinski definition) is 8. The summed E-state index contributed by atoms with van der Waals surface area (Å²) < 4.78 is 6.83. The lowest BCUT2D eigenvalue weighted by Gasteiger charge is -2.09. The number of carbonyl (C=O) groups excluding carboxylic acids is 1. The third-order valence-electron chi connectivity index (χ3n) is 4.42. The molecular weight excluding hydrogens is 388 g/mol. The highest BCUT2D eigenvalue weighted by Gasteiger charge is 2.19. The lowest BCUT2D eigenvalue weighted by molar-refractivity contribution is -0.384. The third-order valence-corrected chi connectivity index (χ3v) is 4.42. The molecule has 3 rings (SSSR count). The molecule has 0 spiro atoms. The molecule has 0 aliphatic rings. The van der Waals surface area contributed by atoms with E-state index in [4.69, 9.17) is 4.74 Å². The molecule has 0 saturated carbocycles. The minimum atomic E-state index is -0.683. The van der Waals surface area contributed by atoms with Crippen LogP contribution in [0.2, 0.25) is 0 Å². The van der Waals surface area contributed by atoms with Crippen LogP contribution in [0.1, 0.15) is 41.5 Å². The van der Waals surface area contributed by atoms with Crippen molar-refractivity contribution in [3.63, 3.8) is 0 Å². The van der Waals surface area contributed by atoms with Gasteiger partial charge in [-0.15, -0.1) is 5.10 Å². The Labute approximate surface area is 173 Å². The number of nitro benzene ring substituents is 1. The number of hydrogen-bond donors (Lipinski definition) is 1. The first-order valence-electron chi connectivity index (χ1n) is 9.57. The Balaban J connectivity index is 1.67. The second kappa shape index (κ2) is 10.1. The topological polar surface area (TPSA) is 125 Å². The van der Waals surface area contributed by atoms with Crippen LogP contribution in [-0.2, 0) is 24.4 Å². The van der Waals surface area contributed by atoms with Crippen molar-refractivity contribution in [2.24, 2.45) is 0 Å². The summed E-state index contributed by atoms with van der Waals surface area (Å²) >= 11 is 0. The van der Waals surface area contributed by atoms with E-state index in [2.05, 4.69) is 27.8 Å². The quantitative estimate of drug-likeness (QED) is 0.306. The molecule has 0 bridgehead atoms. The van der Waals surface area contributed by atoms with Gasteiger partial charge in [0.15, 0.2) is 12.4 Å². The first kappa shape index (κ1) is 20.9. The molecule has 30 heavy (non-hydrogen) atoms. The number of carbonyl (C=O) groups is 1. The predicted octanol–water partition coefficient (Wildman–Crippen LogP) is 3.35. The maximum Gasteiger partial charge on any atom is 0.338 e. The summed E-state index contributed by atoms with van der Waals surface area (Å²) in [4.78, 5) is 23.3. The smallest absolute Gasteiger partial charge is 0.338 e. The number of anilines is 1. The SMILES string of the molecule is CCCCn1nnnc1COC(=O)c1ccc(NCc2ccccc2)c([N+](=O)[O-])c1. The van der Waals surface area contributed by atoms with Crippen molar-refractivity contribution in [3.8, 4) is 0 Å². The number of rotatable bonds is 10. The molecular formula is C20H22N6O4. The van der Waals surface area contributed by atoms with E-state index >= 15 is 0 Å². The highest BCUT2D eigenvalue weighted by molar-refractivity contribution is 5.91. The maximum atomic E-state index is 12.4. The van der Waals surface area contributed by atoms with Gasteiger partial charge in [0.05, 0.1) is 10.5 Å². The number of nitrogens with one attached hydrogen (secondary N) is 1. The van der Waals surface area contributed by atoms with Crippen molar-refractivity contribution in [1.82, 2.24) is 20.2 Å². The van der Waals surface area contributed by atoms with Gasteiger partial charge in [-0.3, -0.25) is 10.1 Å². The largest absolute Gasteiger partial charge is 0.454 e. The summed E-state index contributed by atoms with van der Waals surface area (Å²) in [6.45, 7) is 2.99. The molecule has 0 atom stereocenters. The fraction of sp³-hybridized carbons (Fsp3) is 0.300. The summed E-state index contributed by atoms with van der Waals surface area (Å²) in [6, 6.07) is 13.7. The van der Waals surface area contributed by atoms with Crippen LogP contribution in [0.5, 0.6) is 0 Å². The van der Waals surface area contributed by atoms with Crippen LogP contribution in [0, 0.1) is 10.1 Å². The molecule has 0 aliphatic heterocycles. The zero-order chi connectivity index (χ0) is 21.3. The summed E-state index contributed by atoms with van der Waals surface area (Å²) in [6.07, 6.45) is 1.88. The van der Waals surface area contributed by atoms with Crippen LogP contribution >= 0.6 is 0 Å². The number of tetrazole rings is 1. The molecule has 10 heteroatoms. The van der Waals surface area contributed by atoms with Gasteiger partial charge in [0.1, 0.15) is 5.69 Å². The molecule has 0 saturated heterocycles. The Morgan fingerprint density at radius 3 is 2.77 bits per heavy atom. The first-order chi connectivity index (χ1) is 14.6. The monoisotopic (exact) mass is 410 g/mol. The lowest BCUT2D eigenvalue weighted by atomic mass is 10.1. The van der Waals surface area contributed by atoms with Crippen molar-refractivity contribution in [2.45, 2.75) is 39.5 Å². The van der Waals surface area contributed by atoms with E-state index in [-0.39, 0.29) is 17.9 Å². The van der Waals surface area contributed by atoms with Crippen molar-refractivity contribution in [2.75, 3.05) is 5.32 Å². The summed E-state index contributed by atoms with van der Waals surface area (Å²) in [5.74, 6) is -0.259. The number of unbranched alkanes of at least 4 members (excludes halogenated alkanes) is 1. The molecule has 1 N–H and O–H groups in total. The molecule has 0 aliphatic carbocycles. The summed E-state index contributed by atoms with van der Waals surface area (Å²) in [5, 5.41) is 25.8. The highest BCUT2D eigenvalue weighted by Crippen LogP contribution is 2.26. The van der Waals surface area contributed by atoms with Crippen LogP contribution < -0.4 is 5.32 Å². The standard InChI is InChI=1S/C20H22N6O4/c1-2-3-11-25-19(22-23-24-25)14-30-20(27)16-9-10-17(18(12-16)26(28)29)21-13-15-7-5-4-6-8-15/h4-10,12,21H,2-3,11,13-14H2,1H3. The molecule has 3 aromatic rings. The molecule has 2 aromatic carbocycles. The van der Waals surface area contributed by atoms with Crippen LogP contribution in [-0.4, -0.2) is 31.1 Å². The van der Waals surface area contributed by atoms with Crippen molar-refractivity contribution in [1.29, 1.82) is 0 Å². The molecule has 0 unspecified atom stereocenters. The molecule has 0 radical (unpaired) electrons. The van der Waals surface area contributed by atoms with Gasteiger partial charge in [0.2, 0.25) is 0 Å². The average Bonchev–Trinajstić information content (AvgIpc) is 3.22. The van der Waals surface area contributed by atoms with Gasteiger partial charge < -0.3 is 10.1 Å². The Hall–Kier alpha value is -3.82. The Kier molecular flexibility index (Phi) is 7.04.